The first-order valence-electron chi connectivity index (χ1n) is 11.2. The SMILES string of the molecule is CCNC(=NCc1cccc(COCCOCC)c1)NCCc1cccc(C(=O)NC)c1. The molecule has 0 unspecified atom stereocenters. The lowest BCUT2D eigenvalue weighted by Gasteiger charge is -2.12. The van der Waals surface area contributed by atoms with Crippen LogP contribution in [-0.4, -0.2) is 51.8 Å². The highest BCUT2D eigenvalue weighted by atomic mass is 16.5. The molecule has 0 saturated carbocycles. The molecule has 2 aromatic rings. The van der Waals surface area contributed by atoms with Crippen molar-refractivity contribution in [3.63, 3.8) is 0 Å². The number of amides is 1. The lowest BCUT2D eigenvalue weighted by molar-refractivity contribution is 0.0453. The number of nitrogens with one attached hydrogen (secondary N) is 3. The van der Waals surface area contributed by atoms with Gasteiger partial charge in [-0.3, -0.25) is 4.79 Å². The maximum Gasteiger partial charge on any atom is 0.251 e. The zero-order chi connectivity index (χ0) is 23.0. The molecule has 0 radical (unpaired) electrons. The van der Waals surface area contributed by atoms with E-state index in [4.69, 9.17) is 14.5 Å². The Balaban J connectivity index is 1.86. The van der Waals surface area contributed by atoms with E-state index in [1.807, 2.05) is 44.2 Å². The molecule has 32 heavy (non-hydrogen) atoms. The molecule has 0 spiro atoms. The Morgan fingerprint density at radius 3 is 2.47 bits per heavy atom. The third-order valence-electron chi connectivity index (χ3n) is 4.72. The first-order chi connectivity index (χ1) is 15.7. The summed E-state index contributed by atoms with van der Waals surface area (Å²) in [5, 5.41) is 9.31. The van der Waals surface area contributed by atoms with Crippen molar-refractivity contribution in [2.75, 3.05) is 40.0 Å². The van der Waals surface area contributed by atoms with E-state index in [-0.39, 0.29) is 5.91 Å². The third kappa shape index (κ3) is 9.49. The quantitative estimate of drug-likeness (QED) is 0.253. The summed E-state index contributed by atoms with van der Waals surface area (Å²) in [5.74, 6) is 0.699. The maximum absolute atomic E-state index is 11.8. The molecule has 0 aliphatic carbocycles. The van der Waals surface area contributed by atoms with Gasteiger partial charge in [-0.05, 0) is 49.1 Å². The van der Waals surface area contributed by atoms with Crippen LogP contribution in [0, 0.1) is 0 Å². The first-order valence-corrected chi connectivity index (χ1v) is 11.2. The van der Waals surface area contributed by atoms with Crippen LogP contribution in [-0.2, 0) is 29.0 Å². The Kier molecular flexibility index (Phi) is 11.9. The average molecular weight is 441 g/mol. The predicted octanol–water partition coefficient (Wildman–Crippen LogP) is 2.90. The topological polar surface area (TPSA) is 84.0 Å². The second kappa shape index (κ2) is 15.0. The van der Waals surface area contributed by atoms with Crippen molar-refractivity contribution in [3.05, 3.63) is 70.8 Å². The van der Waals surface area contributed by atoms with E-state index < -0.39 is 0 Å². The fourth-order valence-electron chi connectivity index (χ4n) is 3.12. The Labute approximate surface area is 191 Å². The van der Waals surface area contributed by atoms with E-state index >= 15 is 0 Å². The standard InChI is InChI=1S/C25H36N4O3/c1-4-27-25(28-13-12-20-8-7-11-23(17-20)24(30)26-3)29-18-21-9-6-10-22(16-21)19-32-15-14-31-5-2/h6-11,16-17H,4-5,12-15,18-19H2,1-3H3,(H,26,30)(H2,27,28,29). The lowest BCUT2D eigenvalue weighted by atomic mass is 10.1. The van der Waals surface area contributed by atoms with Crippen LogP contribution in [0.1, 0.15) is 40.9 Å². The average Bonchev–Trinajstić information content (AvgIpc) is 2.82. The van der Waals surface area contributed by atoms with Gasteiger partial charge in [0.25, 0.3) is 5.91 Å². The second-order valence-corrected chi connectivity index (χ2v) is 7.22. The molecule has 2 rings (SSSR count). The van der Waals surface area contributed by atoms with E-state index in [0.717, 1.165) is 42.2 Å². The van der Waals surface area contributed by atoms with Crippen LogP contribution in [0.5, 0.6) is 0 Å². The smallest absolute Gasteiger partial charge is 0.251 e. The van der Waals surface area contributed by atoms with Gasteiger partial charge in [-0.15, -0.1) is 0 Å². The van der Waals surface area contributed by atoms with Crippen molar-refractivity contribution in [2.24, 2.45) is 4.99 Å². The Hall–Kier alpha value is -2.90. The van der Waals surface area contributed by atoms with E-state index in [1.165, 1.54) is 0 Å². The minimum Gasteiger partial charge on any atom is -0.379 e. The molecule has 1 amide bonds. The Morgan fingerprint density at radius 2 is 1.69 bits per heavy atom. The zero-order valence-corrected chi connectivity index (χ0v) is 19.4. The summed E-state index contributed by atoms with van der Waals surface area (Å²) < 4.78 is 10.9. The molecule has 0 fully saturated rings. The van der Waals surface area contributed by atoms with Crippen molar-refractivity contribution < 1.29 is 14.3 Å². The number of hydrogen-bond acceptors (Lipinski definition) is 4. The largest absolute Gasteiger partial charge is 0.379 e. The Morgan fingerprint density at radius 1 is 0.938 bits per heavy atom. The van der Waals surface area contributed by atoms with Gasteiger partial charge in [0.2, 0.25) is 0 Å². The lowest BCUT2D eigenvalue weighted by Crippen LogP contribution is -2.38. The van der Waals surface area contributed by atoms with Gasteiger partial charge in [0, 0.05) is 32.3 Å². The molecule has 174 valence electrons. The van der Waals surface area contributed by atoms with Gasteiger partial charge in [-0.25, -0.2) is 4.99 Å². The number of ether oxygens (including phenoxy) is 2. The van der Waals surface area contributed by atoms with Crippen LogP contribution in [0.3, 0.4) is 0 Å². The molecular formula is C25H36N4O3. The van der Waals surface area contributed by atoms with Crippen LogP contribution in [0.4, 0.5) is 0 Å². The number of rotatable bonds is 13. The molecule has 7 heteroatoms. The molecule has 0 bridgehead atoms. The normalized spacial score (nSPS) is 11.3. The van der Waals surface area contributed by atoms with Crippen LogP contribution in [0.25, 0.3) is 0 Å². The summed E-state index contributed by atoms with van der Waals surface area (Å²) >= 11 is 0. The number of benzene rings is 2. The molecule has 0 aliphatic rings. The summed E-state index contributed by atoms with van der Waals surface area (Å²) in [6, 6.07) is 16.0. The second-order valence-electron chi connectivity index (χ2n) is 7.22. The van der Waals surface area contributed by atoms with E-state index in [0.29, 0.717) is 38.5 Å². The monoisotopic (exact) mass is 440 g/mol. The van der Waals surface area contributed by atoms with Crippen molar-refractivity contribution in [2.45, 2.75) is 33.4 Å². The molecule has 2 aromatic carbocycles. The fourth-order valence-corrected chi connectivity index (χ4v) is 3.12. The number of guanidine groups is 1. The van der Waals surface area contributed by atoms with Crippen LogP contribution in [0.15, 0.2) is 53.5 Å². The van der Waals surface area contributed by atoms with E-state index in [2.05, 4.69) is 34.1 Å². The molecule has 0 atom stereocenters. The summed E-state index contributed by atoms with van der Waals surface area (Å²) in [7, 11) is 1.64. The number of carbonyl (C=O) groups excluding carboxylic acids is 1. The van der Waals surface area contributed by atoms with E-state index in [1.54, 1.807) is 7.05 Å². The molecule has 3 N–H and O–H groups in total. The minimum absolute atomic E-state index is 0.0726. The molecule has 7 nitrogen and oxygen atoms in total. The summed E-state index contributed by atoms with van der Waals surface area (Å²) in [6.07, 6.45) is 0.795. The predicted molar refractivity (Wildman–Crippen MR) is 129 cm³/mol. The van der Waals surface area contributed by atoms with E-state index in [9.17, 15) is 4.79 Å². The molecule has 0 aromatic heterocycles. The highest BCUT2D eigenvalue weighted by Gasteiger charge is 2.04. The molecule has 0 saturated heterocycles. The molecule has 0 heterocycles. The van der Waals surface area contributed by atoms with Gasteiger partial charge in [0.05, 0.1) is 26.4 Å². The third-order valence-corrected chi connectivity index (χ3v) is 4.72. The number of hydrogen-bond donors (Lipinski definition) is 3. The van der Waals surface area contributed by atoms with Crippen molar-refractivity contribution in [1.29, 1.82) is 0 Å². The summed E-state index contributed by atoms with van der Waals surface area (Å²) in [6.45, 7) is 8.59. The number of nitrogens with zero attached hydrogens (tertiary/aromatic N) is 1. The minimum atomic E-state index is -0.0726. The summed E-state index contributed by atoms with van der Waals surface area (Å²) in [4.78, 5) is 16.5. The fraction of sp³-hybridized carbons (Fsp3) is 0.440. The van der Waals surface area contributed by atoms with Gasteiger partial charge in [-0.2, -0.15) is 0 Å². The van der Waals surface area contributed by atoms with Crippen molar-refractivity contribution >= 4 is 11.9 Å². The highest BCUT2D eigenvalue weighted by Crippen LogP contribution is 2.08. The molecular weight excluding hydrogens is 404 g/mol. The van der Waals surface area contributed by atoms with Gasteiger partial charge in [0.1, 0.15) is 0 Å². The van der Waals surface area contributed by atoms with Crippen LogP contribution >= 0.6 is 0 Å². The van der Waals surface area contributed by atoms with Gasteiger partial charge >= 0.3 is 0 Å². The molecule has 0 aliphatic heterocycles. The van der Waals surface area contributed by atoms with Crippen LogP contribution < -0.4 is 16.0 Å². The van der Waals surface area contributed by atoms with Crippen molar-refractivity contribution in [1.82, 2.24) is 16.0 Å². The first kappa shape index (κ1) is 25.4. The van der Waals surface area contributed by atoms with Crippen LogP contribution in [0.2, 0.25) is 0 Å². The van der Waals surface area contributed by atoms with Gasteiger partial charge < -0.3 is 25.4 Å². The number of carbonyl (C=O) groups is 1. The Bertz CT molecular complexity index is 855. The highest BCUT2D eigenvalue weighted by molar-refractivity contribution is 5.94. The number of aliphatic imine (C=N–C) groups is 1. The van der Waals surface area contributed by atoms with Gasteiger partial charge in [0.15, 0.2) is 5.96 Å². The maximum atomic E-state index is 11.8. The van der Waals surface area contributed by atoms with Crippen molar-refractivity contribution in [3.8, 4) is 0 Å². The van der Waals surface area contributed by atoms with Gasteiger partial charge in [-0.1, -0.05) is 36.4 Å². The summed E-state index contributed by atoms with van der Waals surface area (Å²) in [5.41, 5.74) is 4.04. The zero-order valence-electron chi connectivity index (χ0n) is 19.4.